The molecule has 9 heteroatoms. The van der Waals surface area contributed by atoms with Crippen LogP contribution in [0.1, 0.15) is 28.2 Å². The summed E-state index contributed by atoms with van der Waals surface area (Å²) in [5, 5.41) is 12.3. The van der Waals surface area contributed by atoms with Crippen molar-refractivity contribution >= 4 is 45.1 Å². The van der Waals surface area contributed by atoms with E-state index in [9.17, 15) is 14.7 Å². The Morgan fingerprint density at radius 2 is 1.41 bits per heavy atom. The molecule has 3 heterocycles. The summed E-state index contributed by atoms with van der Waals surface area (Å²) in [6.07, 6.45) is -1.09. The van der Waals surface area contributed by atoms with E-state index in [2.05, 4.69) is 0 Å². The number of rotatable bonds is 2. The van der Waals surface area contributed by atoms with Gasteiger partial charge in [0.2, 0.25) is 6.29 Å². The minimum atomic E-state index is -1.10. The second kappa shape index (κ2) is 7.27. The molecule has 32 heavy (non-hydrogen) atoms. The van der Waals surface area contributed by atoms with Crippen molar-refractivity contribution in [3.63, 3.8) is 0 Å². The third-order valence-electron chi connectivity index (χ3n) is 5.79. The van der Waals surface area contributed by atoms with E-state index in [0.717, 1.165) is 5.56 Å². The zero-order valence-corrected chi connectivity index (χ0v) is 18.6. The summed E-state index contributed by atoms with van der Waals surface area (Å²) in [4.78, 5) is 26.1. The highest BCUT2D eigenvalue weighted by atomic mass is 35.5. The second-order valence-corrected chi connectivity index (χ2v) is 8.43. The molecule has 0 bridgehead atoms. The van der Waals surface area contributed by atoms with Crippen LogP contribution in [0.25, 0.3) is 21.9 Å². The molecule has 2 unspecified atom stereocenters. The lowest BCUT2D eigenvalue weighted by atomic mass is 9.91. The Morgan fingerprint density at radius 1 is 0.875 bits per heavy atom. The lowest BCUT2D eigenvalue weighted by Crippen LogP contribution is -2.28. The van der Waals surface area contributed by atoms with Gasteiger partial charge in [-0.2, -0.15) is 0 Å². The minimum Gasteiger partial charge on any atom is -0.507 e. The van der Waals surface area contributed by atoms with Crippen molar-refractivity contribution in [2.45, 2.75) is 26.1 Å². The van der Waals surface area contributed by atoms with Crippen LogP contribution in [0, 0.1) is 13.8 Å². The predicted molar refractivity (Wildman–Crippen MR) is 119 cm³/mol. The summed E-state index contributed by atoms with van der Waals surface area (Å²) in [7, 11) is 1.37. The summed E-state index contributed by atoms with van der Waals surface area (Å²) < 4.78 is 22.4. The highest BCUT2D eigenvalue weighted by molar-refractivity contribution is 6.35. The summed E-state index contributed by atoms with van der Waals surface area (Å²) in [6.45, 7) is 3.55. The molecule has 2 aromatic carbocycles. The van der Waals surface area contributed by atoms with Gasteiger partial charge >= 0.3 is 11.3 Å². The first-order chi connectivity index (χ1) is 15.2. The SMILES string of the molecule is COC1Oc2c(c(=O)oc3c(Cl)ccc(C)c23)C1c1c(O)c2c(C)ccc(Cl)c2oc1=O. The number of methoxy groups -OCH3 is 1. The average molecular weight is 475 g/mol. The highest BCUT2D eigenvalue weighted by Gasteiger charge is 2.44. The number of halogens is 2. The van der Waals surface area contributed by atoms with E-state index in [-0.39, 0.29) is 49.2 Å². The maximum Gasteiger partial charge on any atom is 0.344 e. The molecule has 0 aliphatic carbocycles. The molecule has 1 aliphatic rings. The van der Waals surface area contributed by atoms with Crippen LogP contribution >= 0.6 is 23.2 Å². The van der Waals surface area contributed by atoms with Crippen molar-refractivity contribution in [1.29, 1.82) is 0 Å². The Balaban J connectivity index is 1.90. The second-order valence-electron chi connectivity index (χ2n) is 7.62. The molecule has 0 fully saturated rings. The molecule has 0 spiro atoms. The van der Waals surface area contributed by atoms with E-state index in [1.54, 1.807) is 31.2 Å². The predicted octanol–water partition coefficient (Wildman–Crippen LogP) is 5.03. The first-order valence-electron chi connectivity index (χ1n) is 9.64. The van der Waals surface area contributed by atoms with Crippen LogP contribution in [0.15, 0.2) is 42.7 Å². The molecule has 2 aromatic heterocycles. The van der Waals surface area contributed by atoms with E-state index >= 15 is 0 Å². The van der Waals surface area contributed by atoms with Crippen LogP contribution in [0.2, 0.25) is 10.0 Å². The molecule has 0 radical (unpaired) electrons. The van der Waals surface area contributed by atoms with E-state index in [1.807, 2.05) is 6.92 Å². The van der Waals surface area contributed by atoms with Crippen molar-refractivity contribution in [2.75, 3.05) is 7.11 Å². The molecule has 0 saturated carbocycles. The van der Waals surface area contributed by atoms with E-state index < -0.39 is 23.5 Å². The van der Waals surface area contributed by atoms with Crippen LogP contribution in [0.3, 0.4) is 0 Å². The van der Waals surface area contributed by atoms with Gasteiger partial charge in [-0.25, -0.2) is 9.59 Å². The van der Waals surface area contributed by atoms with Crippen LogP contribution < -0.4 is 16.0 Å². The monoisotopic (exact) mass is 474 g/mol. The quantitative estimate of drug-likeness (QED) is 0.406. The molecule has 164 valence electrons. The Bertz CT molecular complexity index is 1550. The fourth-order valence-corrected chi connectivity index (χ4v) is 4.68. The molecule has 0 amide bonds. The van der Waals surface area contributed by atoms with Gasteiger partial charge in [0.15, 0.2) is 11.2 Å². The maximum atomic E-state index is 13.0. The van der Waals surface area contributed by atoms with E-state index in [4.69, 9.17) is 41.5 Å². The van der Waals surface area contributed by atoms with Crippen LogP contribution in [0.5, 0.6) is 11.5 Å². The Kier molecular flexibility index (Phi) is 4.74. The number of fused-ring (bicyclic) bond motifs is 4. The van der Waals surface area contributed by atoms with Gasteiger partial charge in [-0.05, 0) is 37.1 Å². The Hall–Kier alpha value is -3.00. The minimum absolute atomic E-state index is 0.0383. The molecule has 5 rings (SSSR count). The first kappa shape index (κ1) is 20.9. The zero-order chi connectivity index (χ0) is 22.9. The Labute approximate surface area is 190 Å². The number of ether oxygens (including phenoxy) is 2. The van der Waals surface area contributed by atoms with Gasteiger partial charge < -0.3 is 23.4 Å². The van der Waals surface area contributed by atoms with E-state index in [0.29, 0.717) is 10.9 Å². The van der Waals surface area contributed by atoms with Crippen molar-refractivity contribution < 1.29 is 23.4 Å². The number of benzene rings is 2. The highest BCUT2D eigenvalue weighted by Crippen LogP contribution is 2.48. The number of hydrogen-bond donors (Lipinski definition) is 1. The lowest BCUT2D eigenvalue weighted by molar-refractivity contribution is -0.0472. The standard InChI is InChI=1S/C23H16Cl2O7/c1-8-4-6-10(24)18-12(8)17(26)15(21(27)30-18)14-16-20(32-23(14)29-3)13-9(2)5-7-11(25)19(13)31-22(16)28/h4-7,14,23,26H,1-3H3. The van der Waals surface area contributed by atoms with Gasteiger partial charge in [-0.3, -0.25) is 0 Å². The molecular weight excluding hydrogens is 459 g/mol. The van der Waals surface area contributed by atoms with Crippen LogP contribution in [0.4, 0.5) is 0 Å². The topological polar surface area (TPSA) is 99.1 Å². The van der Waals surface area contributed by atoms with Crippen molar-refractivity contribution in [2.24, 2.45) is 0 Å². The van der Waals surface area contributed by atoms with Crippen LogP contribution in [-0.4, -0.2) is 18.5 Å². The van der Waals surface area contributed by atoms with Gasteiger partial charge in [0.05, 0.1) is 37.9 Å². The zero-order valence-electron chi connectivity index (χ0n) is 17.1. The molecule has 2 atom stereocenters. The molecule has 0 saturated heterocycles. The fourth-order valence-electron chi connectivity index (χ4n) is 4.29. The summed E-state index contributed by atoms with van der Waals surface area (Å²) >= 11 is 12.4. The Morgan fingerprint density at radius 3 is 2.00 bits per heavy atom. The normalized spacial score (nSPS) is 17.7. The molecular formula is C23H16Cl2O7. The van der Waals surface area contributed by atoms with Crippen molar-refractivity contribution in [1.82, 2.24) is 0 Å². The summed E-state index contributed by atoms with van der Waals surface area (Å²) in [5.41, 5.74) is -0.163. The maximum absolute atomic E-state index is 13.0. The number of aryl methyl sites for hydroxylation is 2. The van der Waals surface area contributed by atoms with Crippen molar-refractivity contribution in [3.8, 4) is 11.5 Å². The molecule has 4 aromatic rings. The van der Waals surface area contributed by atoms with Crippen LogP contribution in [-0.2, 0) is 4.74 Å². The third kappa shape index (κ3) is 2.78. The number of aromatic hydroxyl groups is 1. The van der Waals surface area contributed by atoms with Gasteiger partial charge in [0.25, 0.3) is 0 Å². The average Bonchev–Trinajstić information content (AvgIpc) is 3.13. The first-order valence-corrected chi connectivity index (χ1v) is 10.4. The largest absolute Gasteiger partial charge is 0.507 e. The molecule has 7 nitrogen and oxygen atoms in total. The van der Waals surface area contributed by atoms with Crippen molar-refractivity contribution in [3.05, 3.63) is 77.4 Å². The van der Waals surface area contributed by atoms with Gasteiger partial charge in [-0.15, -0.1) is 0 Å². The number of hydrogen-bond acceptors (Lipinski definition) is 7. The third-order valence-corrected chi connectivity index (χ3v) is 6.38. The van der Waals surface area contributed by atoms with E-state index in [1.165, 1.54) is 7.11 Å². The summed E-state index contributed by atoms with van der Waals surface area (Å²) in [5.74, 6) is -1.27. The molecule has 1 aliphatic heterocycles. The van der Waals surface area contributed by atoms with Gasteiger partial charge in [0, 0.05) is 7.11 Å². The van der Waals surface area contributed by atoms with Gasteiger partial charge in [0.1, 0.15) is 11.5 Å². The smallest absolute Gasteiger partial charge is 0.344 e. The molecule has 1 N–H and O–H groups in total. The summed E-state index contributed by atoms with van der Waals surface area (Å²) in [6, 6.07) is 6.64. The fraction of sp³-hybridized carbons (Fsp3) is 0.217. The lowest BCUT2D eigenvalue weighted by Gasteiger charge is -2.18. The van der Waals surface area contributed by atoms with Gasteiger partial charge in [-0.1, -0.05) is 35.3 Å².